The summed E-state index contributed by atoms with van der Waals surface area (Å²) in [5.41, 5.74) is -0.381. The summed E-state index contributed by atoms with van der Waals surface area (Å²) < 4.78 is 0. The van der Waals surface area contributed by atoms with Crippen molar-refractivity contribution in [1.82, 2.24) is 4.90 Å². The Morgan fingerprint density at radius 1 is 1.31 bits per heavy atom. The molecule has 0 atom stereocenters. The number of hydrogen-bond donors (Lipinski definition) is 0. The van der Waals surface area contributed by atoms with E-state index in [0.717, 1.165) is 12.8 Å². The maximum atomic E-state index is 12.2. The summed E-state index contributed by atoms with van der Waals surface area (Å²) >= 11 is 0. The van der Waals surface area contributed by atoms with E-state index < -0.39 is 0 Å². The summed E-state index contributed by atoms with van der Waals surface area (Å²) in [4.78, 5) is 14.0. The first-order valence-corrected chi connectivity index (χ1v) is 6.15. The Bertz CT molecular complexity index is 279. The van der Waals surface area contributed by atoms with Gasteiger partial charge in [-0.2, -0.15) is 5.26 Å². The van der Waals surface area contributed by atoms with Gasteiger partial charge in [-0.05, 0) is 12.8 Å². The molecule has 0 bridgehead atoms. The van der Waals surface area contributed by atoms with E-state index in [9.17, 15) is 4.79 Å². The van der Waals surface area contributed by atoms with Crippen molar-refractivity contribution in [3.05, 3.63) is 0 Å². The van der Waals surface area contributed by atoms with Crippen molar-refractivity contribution in [2.45, 2.75) is 58.9 Å². The molecule has 0 spiro atoms. The van der Waals surface area contributed by atoms with Gasteiger partial charge in [0.25, 0.3) is 0 Å². The van der Waals surface area contributed by atoms with Crippen LogP contribution in [-0.4, -0.2) is 23.4 Å². The average Bonchev–Trinajstić information content (AvgIpc) is 2.25. The number of carbonyl (C=O) groups is 1. The number of nitriles is 1. The molecule has 0 saturated heterocycles. The van der Waals surface area contributed by atoms with Gasteiger partial charge in [0.05, 0.1) is 6.07 Å². The lowest BCUT2D eigenvalue weighted by molar-refractivity contribution is -0.141. The van der Waals surface area contributed by atoms with Gasteiger partial charge in [-0.25, -0.2) is 0 Å². The largest absolute Gasteiger partial charge is 0.326 e. The monoisotopic (exact) mass is 222 g/mol. The first-order valence-electron chi connectivity index (χ1n) is 6.15. The zero-order valence-electron chi connectivity index (χ0n) is 10.6. The summed E-state index contributed by atoms with van der Waals surface area (Å²) in [6, 6.07) is 2.41. The number of carbonyl (C=O) groups excluding carboxylic acids is 1. The predicted octanol–water partition coefficient (Wildman–Crippen LogP) is 2.72. The molecule has 0 N–H and O–H groups in total. The molecule has 1 amide bonds. The van der Waals surface area contributed by atoms with Crippen LogP contribution < -0.4 is 0 Å². The fourth-order valence-electron chi connectivity index (χ4n) is 2.27. The molecule has 0 aromatic heterocycles. The Kier molecular flexibility index (Phi) is 4.35. The Balaban J connectivity index is 2.73. The molecular formula is C13H22N2O. The molecular weight excluding hydrogens is 200 g/mol. The fraction of sp³-hybridized carbons (Fsp3) is 0.846. The molecule has 1 rings (SSSR count). The van der Waals surface area contributed by atoms with E-state index in [2.05, 4.69) is 6.07 Å². The minimum Gasteiger partial charge on any atom is -0.326 e. The second-order valence-corrected chi connectivity index (χ2v) is 5.63. The van der Waals surface area contributed by atoms with Crippen molar-refractivity contribution >= 4 is 5.91 Å². The minimum absolute atomic E-state index is 0.112. The van der Waals surface area contributed by atoms with Crippen molar-refractivity contribution in [2.75, 3.05) is 6.54 Å². The van der Waals surface area contributed by atoms with Crippen LogP contribution in [0.15, 0.2) is 0 Å². The lowest BCUT2D eigenvalue weighted by Crippen LogP contribution is -2.46. The van der Waals surface area contributed by atoms with Crippen molar-refractivity contribution in [1.29, 1.82) is 5.26 Å². The van der Waals surface area contributed by atoms with Crippen molar-refractivity contribution < 1.29 is 4.79 Å². The summed E-state index contributed by atoms with van der Waals surface area (Å²) in [6.45, 7) is 5.99. The van der Waals surface area contributed by atoms with Gasteiger partial charge in [-0.3, -0.25) is 4.79 Å². The Labute approximate surface area is 98.4 Å². The van der Waals surface area contributed by atoms with E-state index in [1.807, 2.05) is 20.8 Å². The second-order valence-electron chi connectivity index (χ2n) is 5.63. The van der Waals surface area contributed by atoms with Crippen LogP contribution in [-0.2, 0) is 4.79 Å². The molecule has 0 heterocycles. The SMILES string of the molecule is CC(C)(C)C(=O)N(CC#N)C1CCCCC1. The maximum Gasteiger partial charge on any atom is 0.229 e. The van der Waals surface area contributed by atoms with Crippen LogP contribution in [0.4, 0.5) is 0 Å². The topological polar surface area (TPSA) is 44.1 Å². The van der Waals surface area contributed by atoms with Crippen molar-refractivity contribution in [2.24, 2.45) is 5.41 Å². The summed E-state index contributed by atoms with van der Waals surface area (Å²) in [6.07, 6.45) is 5.75. The van der Waals surface area contributed by atoms with Crippen LogP contribution in [0.25, 0.3) is 0 Å². The third-order valence-electron chi connectivity index (χ3n) is 3.16. The molecule has 1 aliphatic rings. The quantitative estimate of drug-likeness (QED) is 0.674. The van der Waals surface area contributed by atoms with E-state index in [1.54, 1.807) is 4.90 Å². The van der Waals surface area contributed by atoms with Gasteiger partial charge in [-0.1, -0.05) is 40.0 Å². The highest BCUT2D eigenvalue weighted by molar-refractivity contribution is 5.82. The molecule has 0 aromatic carbocycles. The number of hydrogen-bond acceptors (Lipinski definition) is 2. The first-order chi connectivity index (χ1) is 7.46. The van der Waals surface area contributed by atoms with Crippen molar-refractivity contribution in [3.63, 3.8) is 0 Å². The van der Waals surface area contributed by atoms with E-state index >= 15 is 0 Å². The van der Waals surface area contributed by atoms with Crippen LogP contribution in [0.3, 0.4) is 0 Å². The average molecular weight is 222 g/mol. The third-order valence-corrected chi connectivity index (χ3v) is 3.16. The highest BCUT2D eigenvalue weighted by Crippen LogP contribution is 2.26. The predicted molar refractivity (Wildman–Crippen MR) is 63.7 cm³/mol. The molecule has 1 fully saturated rings. The van der Waals surface area contributed by atoms with Crippen LogP contribution in [0.2, 0.25) is 0 Å². The summed E-state index contributed by atoms with van der Waals surface area (Å²) in [5, 5.41) is 8.84. The standard InChI is InChI=1S/C13H22N2O/c1-13(2,3)12(16)15(10-9-14)11-7-5-4-6-8-11/h11H,4-8,10H2,1-3H3. The van der Waals surface area contributed by atoms with Gasteiger partial charge in [0.1, 0.15) is 6.54 Å². The Morgan fingerprint density at radius 3 is 2.31 bits per heavy atom. The Hall–Kier alpha value is -1.04. The molecule has 0 aromatic rings. The Morgan fingerprint density at radius 2 is 1.88 bits per heavy atom. The van der Waals surface area contributed by atoms with Crippen LogP contribution in [0, 0.1) is 16.7 Å². The zero-order chi connectivity index (χ0) is 12.2. The molecule has 3 nitrogen and oxygen atoms in total. The molecule has 90 valence electrons. The summed E-state index contributed by atoms with van der Waals surface area (Å²) in [5.74, 6) is 0.112. The minimum atomic E-state index is -0.381. The number of nitrogens with zero attached hydrogens (tertiary/aromatic N) is 2. The van der Waals surface area contributed by atoms with E-state index in [1.165, 1.54) is 19.3 Å². The highest BCUT2D eigenvalue weighted by Gasteiger charge is 2.32. The number of amides is 1. The van der Waals surface area contributed by atoms with Gasteiger partial charge in [0.2, 0.25) is 5.91 Å². The van der Waals surface area contributed by atoms with E-state index in [4.69, 9.17) is 5.26 Å². The van der Waals surface area contributed by atoms with E-state index in [-0.39, 0.29) is 17.9 Å². The van der Waals surface area contributed by atoms with Gasteiger partial charge in [-0.15, -0.1) is 0 Å². The first kappa shape index (κ1) is 13.0. The van der Waals surface area contributed by atoms with Crippen LogP contribution >= 0.6 is 0 Å². The van der Waals surface area contributed by atoms with Crippen LogP contribution in [0.1, 0.15) is 52.9 Å². The highest BCUT2D eigenvalue weighted by atomic mass is 16.2. The molecule has 0 aliphatic heterocycles. The molecule has 16 heavy (non-hydrogen) atoms. The zero-order valence-corrected chi connectivity index (χ0v) is 10.6. The van der Waals surface area contributed by atoms with Crippen LogP contribution in [0.5, 0.6) is 0 Å². The fourth-order valence-corrected chi connectivity index (χ4v) is 2.27. The lowest BCUT2D eigenvalue weighted by atomic mass is 9.89. The molecule has 1 saturated carbocycles. The van der Waals surface area contributed by atoms with Gasteiger partial charge in [0.15, 0.2) is 0 Å². The molecule has 0 radical (unpaired) electrons. The van der Waals surface area contributed by atoms with Crippen molar-refractivity contribution in [3.8, 4) is 6.07 Å². The molecule has 1 aliphatic carbocycles. The second kappa shape index (κ2) is 5.34. The molecule has 3 heteroatoms. The van der Waals surface area contributed by atoms with Gasteiger partial charge < -0.3 is 4.90 Å². The number of rotatable bonds is 2. The maximum absolute atomic E-state index is 12.2. The van der Waals surface area contributed by atoms with E-state index in [0.29, 0.717) is 6.04 Å². The third kappa shape index (κ3) is 3.23. The van der Waals surface area contributed by atoms with Gasteiger partial charge in [0, 0.05) is 11.5 Å². The molecule has 0 unspecified atom stereocenters. The summed E-state index contributed by atoms with van der Waals surface area (Å²) in [7, 11) is 0. The smallest absolute Gasteiger partial charge is 0.229 e. The normalized spacial score (nSPS) is 17.9. The lowest BCUT2D eigenvalue weighted by Gasteiger charge is -2.36. The van der Waals surface area contributed by atoms with Gasteiger partial charge >= 0.3 is 0 Å².